The van der Waals surface area contributed by atoms with Crippen LogP contribution in [0.15, 0.2) is 24.9 Å². The molecule has 0 aromatic carbocycles. The van der Waals surface area contributed by atoms with Crippen molar-refractivity contribution in [1.29, 1.82) is 0 Å². The molecule has 0 aliphatic carbocycles. The van der Waals surface area contributed by atoms with Crippen LogP contribution in [0, 0.1) is 0 Å². The van der Waals surface area contributed by atoms with Gasteiger partial charge in [-0.15, -0.1) is 15.3 Å². The molecule has 0 amide bonds. The summed E-state index contributed by atoms with van der Waals surface area (Å²) < 4.78 is 1.53. The van der Waals surface area contributed by atoms with Crippen molar-refractivity contribution < 1.29 is 0 Å². The van der Waals surface area contributed by atoms with E-state index in [2.05, 4.69) is 35.5 Å². The molecule has 0 spiro atoms. The number of rotatable bonds is 3. The molecule has 16 heavy (non-hydrogen) atoms. The fourth-order valence-electron chi connectivity index (χ4n) is 1.36. The minimum Gasteiger partial charge on any atom is -0.348 e. The van der Waals surface area contributed by atoms with Gasteiger partial charge in [-0.3, -0.25) is 0 Å². The van der Waals surface area contributed by atoms with E-state index in [4.69, 9.17) is 0 Å². The Morgan fingerprint density at radius 1 is 1.25 bits per heavy atom. The van der Waals surface area contributed by atoms with Gasteiger partial charge in [0.1, 0.15) is 12.2 Å². The zero-order valence-corrected chi connectivity index (χ0v) is 8.20. The van der Waals surface area contributed by atoms with E-state index in [9.17, 15) is 0 Å². The predicted octanol–water partition coefficient (Wildman–Crippen LogP) is -0.301. The normalized spacial score (nSPS) is 10.8. The SMILES string of the molecule is c1c[nH]c(Cc2cn(-c3nnc[nH]3)nn2)n1. The molecule has 0 unspecified atom stereocenters. The number of hydrogen-bond donors (Lipinski definition) is 2. The predicted molar refractivity (Wildman–Crippen MR) is 52.7 cm³/mol. The molecular formula is C8H8N8. The van der Waals surface area contributed by atoms with E-state index in [0.29, 0.717) is 12.4 Å². The second-order valence-electron chi connectivity index (χ2n) is 3.18. The van der Waals surface area contributed by atoms with Crippen molar-refractivity contribution in [3.05, 3.63) is 36.4 Å². The van der Waals surface area contributed by atoms with Crippen molar-refractivity contribution in [2.24, 2.45) is 0 Å². The summed E-state index contributed by atoms with van der Waals surface area (Å²) in [6, 6.07) is 0. The van der Waals surface area contributed by atoms with Gasteiger partial charge in [-0.05, 0) is 0 Å². The molecule has 0 bridgehead atoms. The van der Waals surface area contributed by atoms with Crippen LogP contribution in [-0.2, 0) is 6.42 Å². The van der Waals surface area contributed by atoms with E-state index in [0.717, 1.165) is 11.5 Å². The zero-order valence-electron chi connectivity index (χ0n) is 8.20. The number of aromatic nitrogens is 8. The van der Waals surface area contributed by atoms with Crippen LogP contribution < -0.4 is 0 Å². The van der Waals surface area contributed by atoms with E-state index in [-0.39, 0.29) is 0 Å². The number of hydrogen-bond acceptors (Lipinski definition) is 5. The Balaban J connectivity index is 1.83. The monoisotopic (exact) mass is 216 g/mol. The molecule has 0 radical (unpaired) electrons. The molecule has 8 heteroatoms. The van der Waals surface area contributed by atoms with Crippen LogP contribution in [0.2, 0.25) is 0 Å². The maximum Gasteiger partial charge on any atom is 0.250 e. The second kappa shape index (κ2) is 3.57. The smallest absolute Gasteiger partial charge is 0.250 e. The highest BCUT2D eigenvalue weighted by Crippen LogP contribution is 2.03. The molecule has 2 N–H and O–H groups in total. The number of aromatic amines is 2. The van der Waals surface area contributed by atoms with Gasteiger partial charge in [-0.1, -0.05) is 5.21 Å². The van der Waals surface area contributed by atoms with Gasteiger partial charge in [-0.25, -0.2) is 4.98 Å². The highest BCUT2D eigenvalue weighted by molar-refractivity contribution is 5.10. The van der Waals surface area contributed by atoms with Crippen LogP contribution in [0.1, 0.15) is 11.5 Å². The molecule has 0 aliphatic heterocycles. The summed E-state index contributed by atoms with van der Waals surface area (Å²) in [4.78, 5) is 9.96. The molecule has 80 valence electrons. The number of imidazole rings is 1. The Hall–Kier alpha value is -2.51. The molecular weight excluding hydrogens is 208 g/mol. The summed E-state index contributed by atoms with van der Waals surface area (Å²) >= 11 is 0. The largest absolute Gasteiger partial charge is 0.348 e. The Morgan fingerprint density at radius 2 is 2.25 bits per heavy atom. The van der Waals surface area contributed by atoms with Crippen LogP contribution >= 0.6 is 0 Å². The van der Waals surface area contributed by atoms with Gasteiger partial charge < -0.3 is 9.97 Å². The summed E-state index contributed by atoms with van der Waals surface area (Å²) in [5, 5.41) is 15.4. The summed E-state index contributed by atoms with van der Waals surface area (Å²) in [6.45, 7) is 0. The van der Waals surface area contributed by atoms with E-state index in [1.54, 1.807) is 18.6 Å². The third-order valence-electron chi connectivity index (χ3n) is 2.07. The van der Waals surface area contributed by atoms with Gasteiger partial charge in [0.2, 0.25) is 0 Å². The first-order valence-corrected chi connectivity index (χ1v) is 4.68. The van der Waals surface area contributed by atoms with Gasteiger partial charge in [-0.2, -0.15) is 4.68 Å². The maximum absolute atomic E-state index is 4.12. The first kappa shape index (κ1) is 8.77. The van der Waals surface area contributed by atoms with Crippen molar-refractivity contribution in [3.8, 4) is 5.95 Å². The van der Waals surface area contributed by atoms with Crippen molar-refractivity contribution >= 4 is 0 Å². The van der Waals surface area contributed by atoms with E-state index in [1.807, 2.05) is 0 Å². The Morgan fingerprint density at radius 3 is 3.00 bits per heavy atom. The Labute approximate surface area is 89.8 Å². The lowest BCUT2D eigenvalue weighted by Gasteiger charge is -1.90. The lowest BCUT2D eigenvalue weighted by Crippen LogP contribution is -1.97. The third kappa shape index (κ3) is 1.56. The third-order valence-corrected chi connectivity index (χ3v) is 2.07. The summed E-state index contributed by atoms with van der Waals surface area (Å²) in [5.41, 5.74) is 0.811. The number of nitrogens with zero attached hydrogens (tertiary/aromatic N) is 6. The van der Waals surface area contributed by atoms with Crippen LogP contribution in [-0.4, -0.2) is 40.1 Å². The molecule has 8 nitrogen and oxygen atoms in total. The lowest BCUT2D eigenvalue weighted by molar-refractivity contribution is 0.756. The van der Waals surface area contributed by atoms with Gasteiger partial charge in [0, 0.05) is 12.4 Å². The first-order valence-electron chi connectivity index (χ1n) is 4.68. The fourth-order valence-corrected chi connectivity index (χ4v) is 1.36. The van der Waals surface area contributed by atoms with Gasteiger partial charge in [0.25, 0.3) is 5.95 Å². The summed E-state index contributed by atoms with van der Waals surface area (Å²) in [6.07, 6.45) is 7.36. The van der Waals surface area contributed by atoms with Crippen LogP contribution in [0.3, 0.4) is 0 Å². The van der Waals surface area contributed by atoms with Gasteiger partial charge in [0.15, 0.2) is 0 Å². The van der Waals surface area contributed by atoms with Crippen molar-refractivity contribution in [3.63, 3.8) is 0 Å². The quantitative estimate of drug-likeness (QED) is 0.625. The minimum atomic E-state index is 0.540. The molecule has 0 atom stereocenters. The van der Waals surface area contributed by atoms with Crippen molar-refractivity contribution in [2.75, 3.05) is 0 Å². The summed E-state index contributed by atoms with van der Waals surface area (Å²) in [5.74, 6) is 1.39. The Kier molecular flexibility index (Phi) is 1.96. The lowest BCUT2D eigenvalue weighted by atomic mass is 10.3. The number of H-pyrrole nitrogens is 2. The molecule has 3 rings (SSSR count). The van der Waals surface area contributed by atoms with Crippen LogP contribution in [0.4, 0.5) is 0 Å². The molecule has 3 aromatic heterocycles. The average Bonchev–Trinajstić information content (AvgIpc) is 2.99. The number of nitrogens with one attached hydrogen (secondary N) is 2. The van der Waals surface area contributed by atoms with Crippen LogP contribution in [0.25, 0.3) is 5.95 Å². The van der Waals surface area contributed by atoms with Gasteiger partial charge in [0.05, 0.1) is 18.3 Å². The van der Waals surface area contributed by atoms with Crippen molar-refractivity contribution in [1.82, 2.24) is 40.1 Å². The highest BCUT2D eigenvalue weighted by atomic mass is 15.5. The molecule has 0 saturated heterocycles. The highest BCUT2D eigenvalue weighted by Gasteiger charge is 2.06. The van der Waals surface area contributed by atoms with Gasteiger partial charge >= 0.3 is 0 Å². The molecule has 3 aromatic rings. The Bertz CT molecular complexity index is 549. The van der Waals surface area contributed by atoms with Crippen LogP contribution in [0.5, 0.6) is 0 Å². The van der Waals surface area contributed by atoms with Crippen molar-refractivity contribution in [2.45, 2.75) is 6.42 Å². The first-order chi connectivity index (χ1) is 7.92. The molecule has 3 heterocycles. The molecule has 0 saturated carbocycles. The molecule has 0 fully saturated rings. The molecule has 0 aliphatic rings. The average molecular weight is 216 g/mol. The topological polar surface area (TPSA) is 101 Å². The van der Waals surface area contributed by atoms with E-state index >= 15 is 0 Å². The second-order valence-corrected chi connectivity index (χ2v) is 3.18. The fraction of sp³-hybridized carbons (Fsp3) is 0.125. The minimum absolute atomic E-state index is 0.540. The zero-order chi connectivity index (χ0) is 10.8. The summed E-state index contributed by atoms with van der Waals surface area (Å²) in [7, 11) is 0. The van der Waals surface area contributed by atoms with E-state index < -0.39 is 0 Å². The van der Waals surface area contributed by atoms with E-state index in [1.165, 1.54) is 11.0 Å². The maximum atomic E-state index is 4.12. The standard InChI is InChI=1S/C8H8N8/c1-2-10-7(9-1)3-6-4-16(15-13-6)8-11-5-12-14-8/h1-2,4-5H,3H2,(H,9,10)(H,11,12,14).